The van der Waals surface area contributed by atoms with Gasteiger partial charge in [0.15, 0.2) is 0 Å². The van der Waals surface area contributed by atoms with Crippen LogP contribution < -0.4 is 15.8 Å². The maximum absolute atomic E-state index is 12.0. The smallest absolute Gasteiger partial charge is 0.253 e. The van der Waals surface area contributed by atoms with E-state index in [0.717, 1.165) is 17.2 Å². The van der Waals surface area contributed by atoms with Crippen LogP contribution in [0.25, 0.3) is 10.9 Å². The van der Waals surface area contributed by atoms with E-state index in [1.165, 1.54) is 0 Å². The Hall–Kier alpha value is -2.06. The van der Waals surface area contributed by atoms with Crippen molar-refractivity contribution in [2.24, 2.45) is 0 Å². The van der Waals surface area contributed by atoms with Crippen LogP contribution >= 0.6 is 0 Å². The van der Waals surface area contributed by atoms with Gasteiger partial charge in [0.1, 0.15) is 0 Å². The topological polar surface area (TPSA) is 117 Å². The quantitative estimate of drug-likeness (QED) is 0.460. The molecule has 0 spiro atoms. The van der Waals surface area contributed by atoms with E-state index in [2.05, 4.69) is 15.0 Å². The Bertz CT molecular complexity index is 736. The molecule has 0 aliphatic carbocycles. The molecule has 1 aromatic heterocycles. The summed E-state index contributed by atoms with van der Waals surface area (Å²) in [5.41, 5.74) is 7.56. The first-order valence-electron chi connectivity index (χ1n) is 5.96. The lowest BCUT2D eigenvalue weighted by atomic mass is 10.1. The maximum atomic E-state index is 12.0. The van der Waals surface area contributed by atoms with Crippen LogP contribution in [0.5, 0.6) is 0 Å². The van der Waals surface area contributed by atoms with Crippen molar-refractivity contribution in [3.63, 3.8) is 0 Å². The van der Waals surface area contributed by atoms with E-state index >= 15 is 0 Å². The van der Waals surface area contributed by atoms with Crippen molar-refractivity contribution in [1.29, 1.82) is 0 Å². The van der Waals surface area contributed by atoms with Gasteiger partial charge in [0, 0.05) is 35.9 Å². The number of hydrogen-bond acceptors (Lipinski definition) is 4. The number of nitrogen functional groups attached to an aromatic ring is 1. The lowest BCUT2D eigenvalue weighted by Gasteiger charge is -2.05. The zero-order valence-corrected chi connectivity index (χ0v) is 11.8. The van der Waals surface area contributed by atoms with Crippen molar-refractivity contribution >= 4 is 32.5 Å². The van der Waals surface area contributed by atoms with Gasteiger partial charge in [-0.05, 0) is 18.2 Å². The second-order valence-electron chi connectivity index (χ2n) is 4.43. The summed E-state index contributed by atoms with van der Waals surface area (Å²) in [5.74, 6) is -0.267. The molecule has 20 heavy (non-hydrogen) atoms. The van der Waals surface area contributed by atoms with E-state index in [9.17, 15) is 13.2 Å². The summed E-state index contributed by atoms with van der Waals surface area (Å²) in [4.78, 5) is 15.0. The molecule has 1 heterocycles. The Morgan fingerprint density at radius 3 is 2.80 bits per heavy atom. The molecule has 0 aliphatic heterocycles. The van der Waals surface area contributed by atoms with E-state index in [-0.39, 0.29) is 19.0 Å². The zero-order valence-electron chi connectivity index (χ0n) is 10.9. The van der Waals surface area contributed by atoms with E-state index in [1.807, 2.05) is 0 Å². The molecule has 0 aliphatic rings. The van der Waals surface area contributed by atoms with Crippen LogP contribution in [-0.2, 0) is 10.0 Å². The molecule has 7 nitrogen and oxygen atoms in total. The second-order valence-corrected chi connectivity index (χ2v) is 6.26. The molecular weight excluding hydrogens is 280 g/mol. The van der Waals surface area contributed by atoms with Gasteiger partial charge in [-0.15, -0.1) is 0 Å². The van der Waals surface area contributed by atoms with Crippen molar-refractivity contribution in [3.05, 3.63) is 30.0 Å². The van der Waals surface area contributed by atoms with E-state index < -0.39 is 10.0 Å². The molecule has 0 unspecified atom stereocenters. The number of benzene rings is 1. The molecule has 1 amide bonds. The van der Waals surface area contributed by atoms with Gasteiger partial charge < -0.3 is 16.0 Å². The third kappa shape index (κ3) is 3.49. The van der Waals surface area contributed by atoms with Gasteiger partial charge in [0.05, 0.1) is 11.8 Å². The fourth-order valence-electron chi connectivity index (χ4n) is 1.84. The molecule has 0 saturated heterocycles. The van der Waals surface area contributed by atoms with Crippen LogP contribution in [0.4, 0.5) is 5.69 Å². The van der Waals surface area contributed by atoms with Crippen LogP contribution in [0.1, 0.15) is 10.4 Å². The van der Waals surface area contributed by atoms with Gasteiger partial charge in [-0.1, -0.05) is 0 Å². The van der Waals surface area contributed by atoms with Crippen LogP contribution in [0, 0.1) is 0 Å². The van der Waals surface area contributed by atoms with Crippen molar-refractivity contribution in [1.82, 2.24) is 15.0 Å². The average molecular weight is 296 g/mol. The molecule has 0 radical (unpaired) electrons. The van der Waals surface area contributed by atoms with Crippen LogP contribution in [0.15, 0.2) is 24.4 Å². The highest BCUT2D eigenvalue weighted by atomic mass is 32.2. The summed E-state index contributed by atoms with van der Waals surface area (Å²) in [5, 5.41) is 3.42. The number of nitrogens with one attached hydrogen (secondary N) is 3. The maximum Gasteiger partial charge on any atom is 0.253 e. The number of sulfonamides is 1. The summed E-state index contributed by atoms with van der Waals surface area (Å²) < 4.78 is 24.0. The number of anilines is 1. The molecular formula is C12H16N4O3S. The van der Waals surface area contributed by atoms with Gasteiger partial charge >= 0.3 is 0 Å². The number of aromatic amines is 1. The van der Waals surface area contributed by atoms with Crippen molar-refractivity contribution < 1.29 is 13.2 Å². The van der Waals surface area contributed by atoms with Crippen molar-refractivity contribution in [3.8, 4) is 0 Å². The van der Waals surface area contributed by atoms with Crippen molar-refractivity contribution in [2.45, 2.75) is 0 Å². The molecule has 0 bridgehead atoms. The highest BCUT2D eigenvalue weighted by Crippen LogP contribution is 2.20. The van der Waals surface area contributed by atoms with Gasteiger partial charge in [0.2, 0.25) is 10.0 Å². The minimum Gasteiger partial charge on any atom is -0.399 e. The summed E-state index contributed by atoms with van der Waals surface area (Å²) in [6.07, 6.45) is 2.67. The first kappa shape index (κ1) is 14.4. The molecule has 5 N–H and O–H groups in total. The third-order valence-electron chi connectivity index (χ3n) is 2.73. The average Bonchev–Trinajstić information content (AvgIpc) is 2.76. The van der Waals surface area contributed by atoms with E-state index in [0.29, 0.717) is 11.3 Å². The van der Waals surface area contributed by atoms with Gasteiger partial charge in [-0.25, -0.2) is 13.1 Å². The highest BCUT2D eigenvalue weighted by Gasteiger charge is 2.11. The predicted molar refractivity (Wildman–Crippen MR) is 77.9 cm³/mol. The Balaban J connectivity index is 2.01. The number of H-pyrrole nitrogens is 1. The number of rotatable bonds is 5. The number of nitrogens with two attached hydrogens (primary N) is 1. The molecule has 1 aromatic carbocycles. The van der Waals surface area contributed by atoms with Crippen LogP contribution in [0.2, 0.25) is 0 Å². The molecule has 2 rings (SSSR count). The van der Waals surface area contributed by atoms with Gasteiger partial charge in [-0.3, -0.25) is 4.79 Å². The largest absolute Gasteiger partial charge is 0.399 e. The fourth-order valence-corrected chi connectivity index (χ4v) is 2.31. The Kier molecular flexibility index (Phi) is 3.96. The molecule has 108 valence electrons. The highest BCUT2D eigenvalue weighted by molar-refractivity contribution is 7.88. The summed E-state index contributed by atoms with van der Waals surface area (Å²) >= 11 is 0. The lowest BCUT2D eigenvalue weighted by molar-refractivity contribution is 0.0956. The standard InChI is InChI=1S/C12H16N4O3S/c1-20(18,19)16-5-4-14-12(17)10-7-15-11-6-8(13)2-3-9(10)11/h2-3,6-7,15-16H,4-5,13H2,1H3,(H,14,17). The van der Waals surface area contributed by atoms with Crippen LogP contribution in [0.3, 0.4) is 0 Å². The normalized spacial score (nSPS) is 11.7. The second kappa shape index (κ2) is 5.51. The minimum atomic E-state index is -3.24. The number of carbonyl (C=O) groups excluding carboxylic acids is 1. The van der Waals surface area contributed by atoms with Crippen LogP contribution in [-0.4, -0.2) is 38.7 Å². The van der Waals surface area contributed by atoms with Crippen molar-refractivity contribution in [2.75, 3.05) is 25.1 Å². The fraction of sp³-hybridized carbons (Fsp3) is 0.250. The molecule has 8 heteroatoms. The summed E-state index contributed by atoms with van der Waals surface area (Å²) in [6, 6.07) is 5.24. The monoisotopic (exact) mass is 296 g/mol. The van der Waals surface area contributed by atoms with E-state index in [1.54, 1.807) is 24.4 Å². The first-order chi connectivity index (χ1) is 9.37. The third-order valence-corrected chi connectivity index (χ3v) is 3.45. The first-order valence-corrected chi connectivity index (χ1v) is 7.85. The Labute approximate surface area is 116 Å². The molecule has 0 fully saturated rings. The zero-order chi connectivity index (χ0) is 14.8. The Morgan fingerprint density at radius 2 is 2.10 bits per heavy atom. The molecule has 0 atom stereocenters. The number of aromatic nitrogens is 1. The predicted octanol–water partition coefficient (Wildman–Crippen LogP) is 0.0291. The SMILES string of the molecule is CS(=O)(=O)NCCNC(=O)c1c[nH]c2cc(N)ccc12. The Morgan fingerprint density at radius 1 is 1.35 bits per heavy atom. The summed E-state index contributed by atoms with van der Waals surface area (Å²) in [6.45, 7) is 0.368. The van der Waals surface area contributed by atoms with Gasteiger partial charge in [-0.2, -0.15) is 0 Å². The number of fused-ring (bicyclic) bond motifs is 1. The number of carbonyl (C=O) groups is 1. The minimum absolute atomic E-state index is 0.153. The summed E-state index contributed by atoms with van der Waals surface area (Å²) in [7, 11) is -3.24. The molecule has 0 saturated carbocycles. The number of amides is 1. The number of hydrogen-bond donors (Lipinski definition) is 4. The molecule has 2 aromatic rings. The lowest BCUT2D eigenvalue weighted by Crippen LogP contribution is -2.34. The van der Waals surface area contributed by atoms with Gasteiger partial charge in [0.25, 0.3) is 5.91 Å². The van der Waals surface area contributed by atoms with E-state index in [4.69, 9.17) is 5.73 Å².